The fourth-order valence-electron chi connectivity index (χ4n) is 2.74. The lowest BCUT2D eigenvalue weighted by Crippen LogP contribution is -2.25. The van der Waals surface area contributed by atoms with Crippen molar-refractivity contribution in [1.82, 2.24) is 10.2 Å². The smallest absolute Gasteiger partial charge is 0.225 e. The molecule has 0 aliphatic heterocycles. The van der Waals surface area contributed by atoms with Gasteiger partial charge in [0.1, 0.15) is 0 Å². The first kappa shape index (κ1) is 20.7. The summed E-state index contributed by atoms with van der Waals surface area (Å²) in [4.78, 5) is 14.5. The average molecular weight is 334 g/mol. The van der Waals surface area contributed by atoms with E-state index in [0.29, 0.717) is 18.3 Å². The lowest BCUT2D eigenvalue weighted by atomic mass is 9.92. The monoisotopic (exact) mass is 333 g/mol. The van der Waals surface area contributed by atoms with Crippen LogP contribution in [0.5, 0.6) is 0 Å². The van der Waals surface area contributed by atoms with E-state index in [1.807, 2.05) is 0 Å². The molecule has 1 aromatic rings. The zero-order chi connectivity index (χ0) is 18.1. The van der Waals surface area contributed by atoms with Gasteiger partial charge in [0, 0.05) is 18.7 Å². The zero-order valence-corrected chi connectivity index (χ0v) is 16.3. The average Bonchev–Trinajstić information content (AvgIpc) is 2.50. The molecular weight excluding hydrogens is 298 g/mol. The summed E-state index contributed by atoms with van der Waals surface area (Å²) >= 11 is 0. The second kappa shape index (κ2) is 10.5. The second-order valence-electron chi connectivity index (χ2n) is 7.33. The SMILES string of the molecule is CC(C)c1cccc(C(C)C)c1NC(=O)CCNCCCN(C)C. The van der Waals surface area contributed by atoms with Crippen LogP contribution in [0.4, 0.5) is 5.69 Å². The summed E-state index contributed by atoms with van der Waals surface area (Å²) < 4.78 is 0. The number of benzene rings is 1. The molecule has 136 valence electrons. The molecule has 0 aliphatic rings. The Morgan fingerprint density at radius 2 is 1.62 bits per heavy atom. The number of para-hydroxylation sites is 1. The van der Waals surface area contributed by atoms with Crippen molar-refractivity contribution in [3.05, 3.63) is 29.3 Å². The van der Waals surface area contributed by atoms with E-state index in [-0.39, 0.29) is 5.91 Å². The molecule has 1 amide bonds. The van der Waals surface area contributed by atoms with Gasteiger partial charge < -0.3 is 15.5 Å². The van der Waals surface area contributed by atoms with E-state index >= 15 is 0 Å². The van der Waals surface area contributed by atoms with Gasteiger partial charge in [-0.2, -0.15) is 0 Å². The molecule has 0 saturated heterocycles. The summed E-state index contributed by atoms with van der Waals surface area (Å²) in [6.07, 6.45) is 1.61. The van der Waals surface area contributed by atoms with Crippen LogP contribution in [0.2, 0.25) is 0 Å². The maximum absolute atomic E-state index is 12.3. The van der Waals surface area contributed by atoms with Crippen molar-refractivity contribution in [2.45, 2.75) is 52.4 Å². The maximum Gasteiger partial charge on any atom is 0.225 e. The molecule has 1 rings (SSSR count). The van der Waals surface area contributed by atoms with Crippen LogP contribution in [0.25, 0.3) is 0 Å². The van der Waals surface area contributed by atoms with Crippen molar-refractivity contribution >= 4 is 11.6 Å². The molecule has 2 N–H and O–H groups in total. The second-order valence-corrected chi connectivity index (χ2v) is 7.33. The molecule has 0 spiro atoms. The van der Waals surface area contributed by atoms with Crippen LogP contribution in [0.1, 0.15) is 63.5 Å². The van der Waals surface area contributed by atoms with Gasteiger partial charge in [-0.05, 0) is 56.6 Å². The van der Waals surface area contributed by atoms with Gasteiger partial charge >= 0.3 is 0 Å². The Morgan fingerprint density at radius 1 is 1.04 bits per heavy atom. The van der Waals surface area contributed by atoms with Gasteiger partial charge in [0.25, 0.3) is 0 Å². The fourth-order valence-corrected chi connectivity index (χ4v) is 2.74. The summed E-state index contributed by atoms with van der Waals surface area (Å²) in [6.45, 7) is 11.4. The molecule has 4 heteroatoms. The number of carbonyl (C=O) groups excluding carboxylic acids is 1. The molecule has 0 aromatic heterocycles. The standard InChI is InChI=1S/C20H35N3O/c1-15(2)17-9-7-10-18(16(3)4)20(17)22-19(24)11-13-21-12-8-14-23(5)6/h7,9-10,15-16,21H,8,11-14H2,1-6H3,(H,22,24). The van der Waals surface area contributed by atoms with Crippen molar-refractivity contribution in [2.24, 2.45) is 0 Å². The number of rotatable bonds is 10. The highest BCUT2D eigenvalue weighted by atomic mass is 16.1. The third kappa shape index (κ3) is 7.02. The van der Waals surface area contributed by atoms with Gasteiger partial charge in [0.2, 0.25) is 5.91 Å². The molecule has 0 atom stereocenters. The predicted octanol–water partition coefficient (Wildman–Crippen LogP) is 3.80. The van der Waals surface area contributed by atoms with E-state index in [0.717, 1.165) is 31.7 Å². The van der Waals surface area contributed by atoms with Crippen LogP contribution in [-0.4, -0.2) is 44.5 Å². The van der Waals surface area contributed by atoms with Gasteiger partial charge in [0.05, 0.1) is 0 Å². The molecule has 24 heavy (non-hydrogen) atoms. The van der Waals surface area contributed by atoms with E-state index in [1.165, 1.54) is 11.1 Å². The Kier molecular flexibility index (Phi) is 9.01. The summed E-state index contributed by atoms with van der Waals surface area (Å²) in [6, 6.07) is 6.32. The molecule has 0 unspecified atom stereocenters. The molecule has 4 nitrogen and oxygen atoms in total. The summed E-state index contributed by atoms with van der Waals surface area (Å²) in [7, 11) is 4.15. The molecule has 0 aliphatic carbocycles. The van der Waals surface area contributed by atoms with Crippen molar-refractivity contribution < 1.29 is 4.79 Å². The van der Waals surface area contributed by atoms with Crippen LogP contribution in [0.15, 0.2) is 18.2 Å². The number of hydrogen-bond acceptors (Lipinski definition) is 3. The third-order valence-electron chi connectivity index (χ3n) is 4.13. The lowest BCUT2D eigenvalue weighted by molar-refractivity contribution is -0.116. The normalized spacial score (nSPS) is 11.5. The van der Waals surface area contributed by atoms with Crippen LogP contribution in [0, 0.1) is 0 Å². The number of nitrogens with one attached hydrogen (secondary N) is 2. The van der Waals surface area contributed by atoms with Crippen molar-refractivity contribution in [1.29, 1.82) is 0 Å². The molecule has 0 bridgehead atoms. The van der Waals surface area contributed by atoms with Crippen LogP contribution >= 0.6 is 0 Å². The quantitative estimate of drug-likeness (QED) is 0.640. The minimum atomic E-state index is 0.0881. The Morgan fingerprint density at radius 3 is 2.12 bits per heavy atom. The third-order valence-corrected chi connectivity index (χ3v) is 4.13. The van der Waals surface area contributed by atoms with E-state index < -0.39 is 0 Å². The fraction of sp³-hybridized carbons (Fsp3) is 0.650. The van der Waals surface area contributed by atoms with Crippen LogP contribution < -0.4 is 10.6 Å². The molecular formula is C20H35N3O. The van der Waals surface area contributed by atoms with E-state index in [1.54, 1.807) is 0 Å². The maximum atomic E-state index is 12.3. The van der Waals surface area contributed by atoms with Gasteiger partial charge in [-0.25, -0.2) is 0 Å². The first-order chi connectivity index (χ1) is 11.3. The van der Waals surface area contributed by atoms with Crippen molar-refractivity contribution in [3.63, 3.8) is 0 Å². The first-order valence-corrected chi connectivity index (χ1v) is 9.11. The topological polar surface area (TPSA) is 44.4 Å². The van der Waals surface area contributed by atoms with Crippen LogP contribution in [-0.2, 0) is 4.79 Å². The van der Waals surface area contributed by atoms with Crippen molar-refractivity contribution in [3.8, 4) is 0 Å². The Hall–Kier alpha value is -1.39. The van der Waals surface area contributed by atoms with E-state index in [4.69, 9.17) is 0 Å². The number of carbonyl (C=O) groups is 1. The highest BCUT2D eigenvalue weighted by Gasteiger charge is 2.15. The molecule has 1 aromatic carbocycles. The number of nitrogens with zero attached hydrogens (tertiary/aromatic N) is 1. The number of amides is 1. The molecule has 0 saturated carbocycles. The van der Waals surface area contributed by atoms with Crippen molar-refractivity contribution in [2.75, 3.05) is 39.0 Å². The summed E-state index contributed by atoms with van der Waals surface area (Å²) in [5.74, 6) is 0.872. The van der Waals surface area contributed by atoms with Crippen LogP contribution in [0.3, 0.4) is 0 Å². The highest BCUT2D eigenvalue weighted by molar-refractivity contribution is 5.92. The number of anilines is 1. The largest absolute Gasteiger partial charge is 0.326 e. The molecule has 0 heterocycles. The van der Waals surface area contributed by atoms with Gasteiger partial charge in [-0.15, -0.1) is 0 Å². The van der Waals surface area contributed by atoms with E-state index in [9.17, 15) is 4.79 Å². The van der Waals surface area contributed by atoms with Gasteiger partial charge in [0.15, 0.2) is 0 Å². The Labute approximate surface area is 148 Å². The van der Waals surface area contributed by atoms with Gasteiger partial charge in [-0.3, -0.25) is 4.79 Å². The zero-order valence-electron chi connectivity index (χ0n) is 16.3. The predicted molar refractivity (Wildman–Crippen MR) is 104 cm³/mol. The highest BCUT2D eigenvalue weighted by Crippen LogP contribution is 2.32. The first-order valence-electron chi connectivity index (χ1n) is 9.11. The van der Waals surface area contributed by atoms with E-state index in [2.05, 4.69) is 75.5 Å². The van der Waals surface area contributed by atoms with Gasteiger partial charge in [-0.1, -0.05) is 45.9 Å². The molecule has 0 radical (unpaired) electrons. The molecule has 0 fully saturated rings. The minimum absolute atomic E-state index is 0.0881. The Bertz CT molecular complexity index is 483. The number of hydrogen-bond donors (Lipinski definition) is 2. The Balaban J connectivity index is 2.57. The minimum Gasteiger partial charge on any atom is -0.326 e. The lowest BCUT2D eigenvalue weighted by Gasteiger charge is -2.20. The summed E-state index contributed by atoms with van der Waals surface area (Å²) in [5, 5.41) is 6.51. The summed E-state index contributed by atoms with van der Waals surface area (Å²) in [5.41, 5.74) is 3.45.